The van der Waals surface area contributed by atoms with E-state index in [9.17, 15) is 13.6 Å². The van der Waals surface area contributed by atoms with E-state index in [0.717, 1.165) is 12.1 Å². The summed E-state index contributed by atoms with van der Waals surface area (Å²) in [7, 11) is 1.47. The summed E-state index contributed by atoms with van der Waals surface area (Å²) in [6, 6.07) is 8.01. The van der Waals surface area contributed by atoms with E-state index in [0.29, 0.717) is 16.9 Å². The van der Waals surface area contributed by atoms with Gasteiger partial charge in [0.25, 0.3) is 5.91 Å². The summed E-state index contributed by atoms with van der Waals surface area (Å²) in [5.41, 5.74) is 6.65. The summed E-state index contributed by atoms with van der Waals surface area (Å²) < 4.78 is 37.4. The highest BCUT2D eigenvalue weighted by atomic mass is 19.1. The van der Waals surface area contributed by atoms with Crippen LogP contribution in [0.3, 0.4) is 0 Å². The normalized spacial score (nSPS) is 10.6. The van der Waals surface area contributed by atoms with Gasteiger partial charge in [-0.3, -0.25) is 4.79 Å². The Morgan fingerprint density at radius 3 is 2.62 bits per heavy atom. The molecule has 7 nitrogen and oxygen atoms in total. The third kappa shape index (κ3) is 3.46. The van der Waals surface area contributed by atoms with Crippen LogP contribution in [0.1, 0.15) is 16.1 Å². The number of ether oxygens (including phenoxy) is 2. The molecule has 0 aliphatic heterocycles. The number of amides is 1. The number of aromatic amines is 1. The van der Waals surface area contributed by atoms with Crippen LogP contribution in [-0.2, 0) is 6.61 Å². The number of nitrogens with one attached hydrogen (secondary N) is 1. The lowest BCUT2D eigenvalue weighted by atomic mass is 10.1. The first kappa shape index (κ1) is 17.3. The van der Waals surface area contributed by atoms with E-state index in [2.05, 4.69) is 15.4 Å². The number of hydrogen-bond donors (Lipinski definition) is 2. The molecule has 134 valence electrons. The van der Waals surface area contributed by atoms with Crippen molar-refractivity contribution in [2.24, 2.45) is 5.73 Å². The fourth-order valence-corrected chi connectivity index (χ4v) is 2.39. The monoisotopic (exact) mass is 360 g/mol. The SMILES string of the molecule is COc1ccc(-c2n[nH]nc2C(N)=O)cc1COc1ccc(F)cc1F. The van der Waals surface area contributed by atoms with Gasteiger partial charge in [-0.05, 0) is 30.3 Å². The molecule has 1 amide bonds. The van der Waals surface area contributed by atoms with Gasteiger partial charge in [-0.2, -0.15) is 15.4 Å². The van der Waals surface area contributed by atoms with Crippen molar-refractivity contribution in [2.75, 3.05) is 7.11 Å². The number of benzene rings is 2. The fourth-order valence-electron chi connectivity index (χ4n) is 2.39. The van der Waals surface area contributed by atoms with Crippen LogP contribution in [0.4, 0.5) is 8.78 Å². The maximum atomic E-state index is 13.7. The van der Waals surface area contributed by atoms with Gasteiger partial charge in [0.15, 0.2) is 17.3 Å². The molecular formula is C17H14F2N4O3. The number of rotatable bonds is 6. The Kier molecular flexibility index (Phi) is 4.78. The number of nitrogens with two attached hydrogens (primary N) is 1. The molecule has 0 aliphatic rings. The van der Waals surface area contributed by atoms with Crippen LogP contribution in [0.25, 0.3) is 11.3 Å². The molecule has 3 aromatic rings. The average Bonchev–Trinajstić information content (AvgIpc) is 3.11. The fraction of sp³-hybridized carbons (Fsp3) is 0.118. The first-order valence-corrected chi connectivity index (χ1v) is 7.45. The molecule has 0 radical (unpaired) electrons. The van der Waals surface area contributed by atoms with Gasteiger partial charge in [0.2, 0.25) is 0 Å². The first-order chi connectivity index (χ1) is 12.5. The van der Waals surface area contributed by atoms with Crippen molar-refractivity contribution in [3.05, 3.63) is 59.3 Å². The molecule has 26 heavy (non-hydrogen) atoms. The minimum atomic E-state index is -0.812. The van der Waals surface area contributed by atoms with Crippen LogP contribution >= 0.6 is 0 Å². The third-order valence-electron chi connectivity index (χ3n) is 3.61. The Labute approximate surface area is 146 Å². The number of nitrogens with zero attached hydrogens (tertiary/aromatic N) is 2. The molecular weight excluding hydrogens is 346 g/mol. The maximum absolute atomic E-state index is 13.7. The average molecular weight is 360 g/mol. The van der Waals surface area contributed by atoms with Crippen molar-refractivity contribution in [1.29, 1.82) is 0 Å². The van der Waals surface area contributed by atoms with Gasteiger partial charge in [0.1, 0.15) is 23.9 Å². The Balaban J connectivity index is 1.90. The van der Waals surface area contributed by atoms with Crippen molar-refractivity contribution in [3.63, 3.8) is 0 Å². The van der Waals surface area contributed by atoms with Gasteiger partial charge < -0.3 is 15.2 Å². The molecule has 0 saturated carbocycles. The molecule has 0 atom stereocenters. The molecule has 0 unspecified atom stereocenters. The molecule has 0 bridgehead atoms. The van der Waals surface area contributed by atoms with Crippen molar-refractivity contribution < 1.29 is 23.0 Å². The number of carbonyl (C=O) groups excluding carboxylic acids is 1. The zero-order chi connectivity index (χ0) is 18.7. The van der Waals surface area contributed by atoms with Crippen molar-refractivity contribution in [1.82, 2.24) is 15.4 Å². The number of primary amides is 1. The van der Waals surface area contributed by atoms with Gasteiger partial charge in [-0.15, -0.1) is 0 Å². The lowest BCUT2D eigenvalue weighted by molar-refractivity contribution is 0.0996. The number of aromatic nitrogens is 3. The van der Waals surface area contributed by atoms with Crippen LogP contribution in [0, 0.1) is 11.6 Å². The second-order valence-electron chi connectivity index (χ2n) is 5.28. The number of carbonyl (C=O) groups is 1. The van der Waals surface area contributed by atoms with Gasteiger partial charge in [-0.25, -0.2) is 8.78 Å². The smallest absolute Gasteiger partial charge is 0.271 e. The quantitative estimate of drug-likeness (QED) is 0.703. The molecule has 3 rings (SSSR count). The predicted octanol–water partition coefficient (Wildman–Crippen LogP) is 2.44. The Morgan fingerprint density at radius 2 is 1.92 bits per heavy atom. The molecule has 2 aromatic carbocycles. The zero-order valence-electron chi connectivity index (χ0n) is 13.6. The minimum Gasteiger partial charge on any atom is -0.496 e. The van der Waals surface area contributed by atoms with E-state index in [1.54, 1.807) is 18.2 Å². The topological polar surface area (TPSA) is 103 Å². The Morgan fingerprint density at radius 1 is 1.15 bits per heavy atom. The van der Waals surface area contributed by atoms with E-state index in [1.165, 1.54) is 13.2 Å². The molecule has 1 aromatic heterocycles. The van der Waals surface area contributed by atoms with Crippen molar-refractivity contribution in [3.8, 4) is 22.8 Å². The molecule has 0 spiro atoms. The highest BCUT2D eigenvalue weighted by Gasteiger charge is 2.17. The number of hydrogen-bond acceptors (Lipinski definition) is 5. The molecule has 1 heterocycles. The van der Waals surface area contributed by atoms with Gasteiger partial charge in [0.05, 0.1) is 7.11 Å². The summed E-state index contributed by atoms with van der Waals surface area (Å²) in [6.45, 7) is -0.0523. The predicted molar refractivity (Wildman–Crippen MR) is 87.6 cm³/mol. The van der Waals surface area contributed by atoms with Crippen LogP contribution < -0.4 is 15.2 Å². The lowest BCUT2D eigenvalue weighted by Gasteiger charge is -2.12. The van der Waals surface area contributed by atoms with Gasteiger partial charge in [0, 0.05) is 17.2 Å². The van der Waals surface area contributed by atoms with Crippen LogP contribution in [-0.4, -0.2) is 28.4 Å². The van der Waals surface area contributed by atoms with Crippen LogP contribution in [0.5, 0.6) is 11.5 Å². The lowest BCUT2D eigenvalue weighted by Crippen LogP contribution is -2.12. The van der Waals surface area contributed by atoms with Gasteiger partial charge in [-0.1, -0.05) is 0 Å². The van der Waals surface area contributed by atoms with Crippen molar-refractivity contribution in [2.45, 2.75) is 6.61 Å². The summed E-state index contributed by atoms with van der Waals surface area (Å²) >= 11 is 0. The van der Waals surface area contributed by atoms with Crippen LogP contribution in [0.2, 0.25) is 0 Å². The number of halogens is 2. The molecule has 0 saturated heterocycles. The Bertz CT molecular complexity index is 959. The van der Waals surface area contributed by atoms with Crippen molar-refractivity contribution >= 4 is 5.91 Å². The summed E-state index contributed by atoms with van der Waals surface area (Å²) in [5, 5.41) is 9.99. The highest BCUT2D eigenvalue weighted by molar-refractivity contribution is 5.96. The first-order valence-electron chi connectivity index (χ1n) is 7.45. The van der Waals surface area contributed by atoms with E-state index in [4.69, 9.17) is 15.2 Å². The zero-order valence-corrected chi connectivity index (χ0v) is 13.6. The second-order valence-corrected chi connectivity index (χ2v) is 5.28. The van der Waals surface area contributed by atoms with Gasteiger partial charge >= 0.3 is 0 Å². The number of methoxy groups -OCH3 is 1. The highest BCUT2D eigenvalue weighted by Crippen LogP contribution is 2.28. The third-order valence-corrected chi connectivity index (χ3v) is 3.61. The molecule has 3 N–H and O–H groups in total. The van der Waals surface area contributed by atoms with E-state index >= 15 is 0 Å². The van der Waals surface area contributed by atoms with E-state index in [-0.39, 0.29) is 23.7 Å². The molecule has 0 aliphatic carbocycles. The minimum absolute atomic E-state index is 0.00776. The van der Waals surface area contributed by atoms with E-state index < -0.39 is 17.5 Å². The number of H-pyrrole nitrogens is 1. The maximum Gasteiger partial charge on any atom is 0.271 e. The summed E-state index contributed by atoms with van der Waals surface area (Å²) in [5.74, 6) is -1.85. The van der Waals surface area contributed by atoms with E-state index in [1.807, 2.05) is 0 Å². The molecule has 9 heteroatoms. The van der Waals surface area contributed by atoms with Crippen LogP contribution in [0.15, 0.2) is 36.4 Å². The largest absolute Gasteiger partial charge is 0.496 e. The molecule has 0 fully saturated rings. The summed E-state index contributed by atoms with van der Waals surface area (Å²) in [4.78, 5) is 11.4. The summed E-state index contributed by atoms with van der Waals surface area (Å²) in [6.07, 6.45) is 0. The standard InChI is InChI=1S/C17H14F2N4O3/c1-25-13-4-2-9(15-16(17(20)24)22-23-21-15)6-10(13)8-26-14-5-3-11(18)7-12(14)19/h2-7H,8H2,1H3,(H2,20,24)(H,21,22,23). The second kappa shape index (κ2) is 7.18. The Hall–Kier alpha value is -3.49.